The Morgan fingerprint density at radius 1 is 1.11 bits per heavy atom. The molecule has 0 atom stereocenters. The van der Waals surface area contributed by atoms with Crippen LogP contribution in [0.2, 0.25) is 0 Å². The van der Waals surface area contributed by atoms with Crippen molar-refractivity contribution in [1.29, 1.82) is 0 Å². The van der Waals surface area contributed by atoms with E-state index < -0.39 is 5.91 Å². The van der Waals surface area contributed by atoms with Gasteiger partial charge in [-0.3, -0.25) is 14.4 Å². The normalized spacial score (nSPS) is 10.9. The Kier molecular flexibility index (Phi) is 4.55. The third kappa shape index (κ3) is 3.45. The highest BCUT2D eigenvalue weighted by Crippen LogP contribution is 2.11. The minimum absolute atomic E-state index is 0.0886. The van der Waals surface area contributed by atoms with Gasteiger partial charge in [-0.15, -0.1) is 5.10 Å². The van der Waals surface area contributed by atoms with Crippen LogP contribution in [0.25, 0.3) is 16.8 Å². The molecule has 9 heteroatoms. The largest absolute Gasteiger partial charge is 0.451 e. The minimum Gasteiger partial charge on any atom is -0.451 e. The van der Waals surface area contributed by atoms with Crippen LogP contribution in [-0.2, 0) is 6.54 Å². The number of aromatic nitrogens is 4. The van der Waals surface area contributed by atoms with Crippen molar-refractivity contribution in [1.82, 2.24) is 24.9 Å². The number of nitrogens with one attached hydrogen (secondary N) is 1. The van der Waals surface area contributed by atoms with E-state index in [1.807, 2.05) is 0 Å². The quantitative estimate of drug-likeness (QED) is 0.555. The summed E-state index contributed by atoms with van der Waals surface area (Å²) < 4.78 is 8.25. The van der Waals surface area contributed by atoms with Crippen LogP contribution in [0.1, 0.15) is 10.6 Å². The second kappa shape index (κ2) is 7.31. The van der Waals surface area contributed by atoms with Gasteiger partial charge < -0.3 is 9.73 Å². The van der Waals surface area contributed by atoms with Gasteiger partial charge in [0.05, 0.1) is 11.9 Å². The molecule has 0 aliphatic rings. The third-order valence-electron chi connectivity index (χ3n) is 4.06. The van der Waals surface area contributed by atoms with E-state index in [4.69, 9.17) is 4.42 Å². The summed E-state index contributed by atoms with van der Waals surface area (Å²) in [6, 6.07) is 12.5. The van der Waals surface area contributed by atoms with Crippen LogP contribution >= 0.6 is 0 Å². The molecule has 0 saturated carbocycles. The zero-order chi connectivity index (χ0) is 19.5. The Labute approximate surface area is 157 Å². The van der Waals surface area contributed by atoms with Crippen molar-refractivity contribution in [3.05, 3.63) is 87.3 Å². The molecule has 28 heavy (non-hydrogen) atoms. The van der Waals surface area contributed by atoms with Gasteiger partial charge in [0, 0.05) is 31.1 Å². The van der Waals surface area contributed by atoms with Crippen molar-refractivity contribution >= 4 is 16.9 Å². The molecule has 0 aliphatic heterocycles. The number of rotatable bonds is 5. The van der Waals surface area contributed by atoms with E-state index in [2.05, 4.69) is 15.5 Å². The maximum Gasteiger partial charge on any atom is 0.287 e. The lowest BCUT2D eigenvalue weighted by Crippen LogP contribution is -2.32. The number of fused-ring (bicyclic) bond motifs is 1. The first-order chi connectivity index (χ1) is 13.6. The Hall–Kier alpha value is -4.01. The second-order valence-electron chi connectivity index (χ2n) is 5.93. The summed E-state index contributed by atoms with van der Waals surface area (Å²) in [5.41, 5.74) is -0.260. The zero-order valence-electron chi connectivity index (χ0n) is 14.6. The molecule has 140 valence electrons. The van der Waals surface area contributed by atoms with Crippen LogP contribution in [0.4, 0.5) is 0 Å². The molecule has 3 heterocycles. The van der Waals surface area contributed by atoms with Crippen LogP contribution in [-0.4, -0.2) is 32.0 Å². The molecule has 0 bridgehead atoms. The predicted octanol–water partition coefficient (Wildman–Crippen LogP) is 0.965. The molecular weight excluding hydrogens is 362 g/mol. The fraction of sp³-hybridized carbons (Fsp3) is 0.105. The van der Waals surface area contributed by atoms with Crippen molar-refractivity contribution in [3.63, 3.8) is 0 Å². The van der Waals surface area contributed by atoms with E-state index in [1.165, 1.54) is 15.4 Å². The number of carbonyl (C=O) groups excluding carboxylic acids is 1. The molecule has 0 spiro atoms. The van der Waals surface area contributed by atoms with Crippen LogP contribution in [0.3, 0.4) is 0 Å². The van der Waals surface area contributed by atoms with Gasteiger partial charge >= 0.3 is 0 Å². The zero-order valence-corrected chi connectivity index (χ0v) is 14.6. The van der Waals surface area contributed by atoms with E-state index >= 15 is 0 Å². The molecule has 0 radical (unpaired) electrons. The summed E-state index contributed by atoms with van der Waals surface area (Å²) in [5.74, 6) is -0.148. The van der Waals surface area contributed by atoms with Gasteiger partial charge in [-0.25, -0.2) is 9.36 Å². The maximum atomic E-state index is 12.3. The number of nitrogens with zero attached hydrogens (tertiary/aromatic N) is 4. The molecule has 0 saturated heterocycles. The first-order valence-corrected chi connectivity index (χ1v) is 8.51. The van der Waals surface area contributed by atoms with E-state index in [9.17, 15) is 14.4 Å². The van der Waals surface area contributed by atoms with Crippen molar-refractivity contribution in [2.45, 2.75) is 6.54 Å². The lowest BCUT2D eigenvalue weighted by Gasteiger charge is -2.08. The lowest BCUT2D eigenvalue weighted by molar-refractivity contribution is 0.0924. The summed E-state index contributed by atoms with van der Waals surface area (Å²) in [5, 5.41) is 11.3. The van der Waals surface area contributed by atoms with Gasteiger partial charge in [0.25, 0.3) is 11.5 Å². The number of para-hydroxylation sites is 1. The van der Waals surface area contributed by atoms with Gasteiger partial charge in [0.2, 0.25) is 0 Å². The lowest BCUT2D eigenvalue weighted by atomic mass is 10.2. The first-order valence-electron chi connectivity index (χ1n) is 8.51. The molecule has 0 unspecified atom stereocenters. The summed E-state index contributed by atoms with van der Waals surface area (Å²) in [4.78, 5) is 36.4. The van der Waals surface area contributed by atoms with E-state index in [0.717, 1.165) is 6.07 Å². The summed E-state index contributed by atoms with van der Waals surface area (Å²) in [6.07, 6.45) is 3.31. The standard InChI is InChI=1S/C19H15N5O4/c25-14-12-16(28-15-5-2-1-4-13(14)15)19(27)20-9-11-24-18(26)7-6-17(22-24)23-10-3-8-21-23/h1-8,10,12H,9,11H2,(H,20,27). The summed E-state index contributed by atoms with van der Waals surface area (Å²) in [7, 11) is 0. The molecule has 0 fully saturated rings. The van der Waals surface area contributed by atoms with Crippen LogP contribution < -0.4 is 16.3 Å². The molecule has 4 rings (SSSR count). The molecule has 4 aromatic rings. The maximum absolute atomic E-state index is 12.3. The number of carbonyl (C=O) groups is 1. The van der Waals surface area contributed by atoms with E-state index in [1.54, 1.807) is 48.8 Å². The van der Waals surface area contributed by atoms with E-state index in [-0.39, 0.29) is 29.8 Å². The molecule has 1 aromatic carbocycles. The highest BCUT2D eigenvalue weighted by molar-refractivity contribution is 5.93. The number of amides is 1. The Morgan fingerprint density at radius 3 is 2.79 bits per heavy atom. The van der Waals surface area contributed by atoms with E-state index in [0.29, 0.717) is 16.8 Å². The van der Waals surface area contributed by atoms with Crippen molar-refractivity contribution in [2.24, 2.45) is 0 Å². The van der Waals surface area contributed by atoms with Gasteiger partial charge in [-0.2, -0.15) is 5.10 Å². The Morgan fingerprint density at radius 2 is 1.96 bits per heavy atom. The Bertz CT molecular complexity index is 1260. The van der Waals surface area contributed by atoms with Gasteiger partial charge in [0.15, 0.2) is 17.0 Å². The average Bonchev–Trinajstić information content (AvgIpc) is 3.24. The molecule has 1 N–H and O–H groups in total. The summed E-state index contributed by atoms with van der Waals surface area (Å²) >= 11 is 0. The third-order valence-corrected chi connectivity index (χ3v) is 4.06. The number of hydrogen-bond donors (Lipinski definition) is 1. The van der Waals surface area contributed by atoms with Gasteiger partial charge in [-0.1, -0.05) is 12.1 Å². The van der Waals surface area contributed by atoms with Gasteiger partial charge in [-0.05, 0) is 24.3 Å². The highest BCUT2D eigenvalue weighted by atomic mass is 16.3. The average molecular weight is 377 g/mol. The van der Waals surface area contributed by atoms with Crippen molar-refractivity contribution in [3.8, 4) is 5.82 Å². The topological polar surface area (TPSA) is 112 Å². The molecular formula is C19H15N5O4. The minimum atomic E-state index is -0.542. The highest BCUT2D eigenvalue weighted by Gasteiger charge is 2.12. The first kappa shape index (κ1) is 17.4. The SMILES string of the molecule is O=C(NCCn1nc(-n2cccn2)ccc1=O)c1cc(=O)c2ccccc2o1. The van der Waals surface area contributed by atoms with Crippen molar-refractivity contribution < 1.29 is 9.21 Å². The molecule has 0 aliphatic carbocycles. The predicted molar refractivity (Wildman–Crippen MR) is 100 cm³/mol. The van der Waals surface area contributed by atoms with Crippen LogP contribution in [0.5, 0.6) is 0 Å². The molecule has 1 amide bonds. The second-order valence-corrected chi connectivity index (χ2v) is 5.93. The smallest absolute Gasteiger partial charge is 0.287 e. The van der Waals surface area contributed by atoms with Crippen LogP contribution in [0.15, 0.2) is 74.9 Å². The summed E-state index contributed by atoms with van der Waals surface area (Å²) in [6.45, 7) is 0.280. The van der Waals surface area contributed by atoms with Gasteiger partial charge in [0.1, 0.15) is 5.58 Å². The molecule has 9 nitrogen and oxygen atoms in total. The number of hydrogen-bond acceptors (Lipinski definition) is 6. The monoisotopic (exact) mass is 377 g/mol. The fourth-order valence-corrected chi connectivity index (χ4v) is 2.70. The Balaban J connectivity index is 1.47. The number of benzene rings is 1. The fourth-order valence-electron chi connectivity index (χ4n) is 2.70. The molecule has 3 aromatic heterocycles. The van der Waals surface area contributed by atoms with Crippen LogP contribution in [0, 0.1) is 0 Å². The van der Waals surface area contributed by atoms with Crippen molar-refractivity contribution in [2.75, 3.05) is 6.54 Å².